The number of rotatable bonds is 14. The lowest BCUT2D eigenvalue weighted by Crippen LogP contribution is -2.26. The number of alkyl halides is 1. The van der Waals surface area contributed by atoms with E-state index in [1.54, 1.807) is 0 Å². The van der Waals surface area contributed by atoms with Crippen molar-refractivity contribution >= 4 is 15.9 Å². The van der Waals surface area contributed by atoms with Crippen LogP contribution < -0.4 is 0 Å². The molecule has 3 heteroatoms. The number of hydrogen-bond acceptors (Lipinski definition) is 2. The number of unbranched alkanes of at least 4 members (excludes halogenated alkanes) is 7. The van der Waals surface area contributed by atoms with Crippen LogP contribution in [0.2, 0.25) is 0 Å². The number of halogens is 1. The van der Waals surface area contributed by atoms with Gasteiger partial charge in [0.15, 0.2) is 0 Å². The van der Waals surface area contributed by atoms with Crippen LogP contribution >= 0.6 is 15.9 Å². The molecular formula is C19H40BrNO. The second kappa shape index (κ2) is 17.7. The third-order valence-electron chi connectivity index (χ3n) is 3.98. The standard InChI is InChI=1S/C16H35N.C3H5BrO/c1-4-7-8-9-10-11-12-13-16-17(14-5-2)15-6-3;4-1-3-2-5-3/h4-16H2,1-3H3;3H,1-2H2. The summed E-state index contributed by atoms with van der Waals surface area (Å²) in [7, 11) is 0. The van der Waals surface area contributed by atoms with Gasteiger partial charge in [0.05, 0.1) is 12.7 Å². The zero-order chi connectivity index (χ0) is 16.5. The van der Waals surface area contributed by atoms with Crippen LogP contribution in [-0.4, -0.2) is 42.6 Å². The number of epoxide rings is 1. The molecule has 1 atom stereocenters. The smallest absolute Gasteiger partial charge is 0.0906 e. The Kier molecular flexibility index (Phi) is 18.1. The van der Waals surface area contributed by atoms with Crippen molar-refractivity contribution in [1.82, 2.24) is 4.90 Å². The van der Waals surface area contributed by atoms with Crippen LogP contribution in [0.4, 0.5) is 0 Å². The van der Waals surface area contributed by atoms with Crippen molar-refractivity contribution in [2.24, 2.45) is 0 Å². The van der Waals surface area contributed by atoms with E-state index in [4.69, 9.17) is 4.74 Å². The number of ether oxygens (including phenoxy) is 1. The lowest BCUT2D eigenvalue weighted by molar-refractivity contribution is 0.267. The van der Waals surface area contributed by atoms with E-state index in [2.05, 4.69) is 41.6 Å². The molecule has 2 nitrogen and oxygen atoms in total. The van der Waals surface area contributed by atoms with Gasteiger partial charge in [0, 0.05) is 5.33 Å². The summed E-state index contributed by atoms with van der Waals surface area (Å²) in [6, 6.07) is 0. The van der Waals surface area contributed by atoms with Crippen LogP contribution in [0, 0.1) is 0 Å². The fraction of sp³-hybridized carbons (Fsp3) is 1.00. The van der Waals surface area contributed by atoms with Gasteiger partial charge in [-0.3, -0.25) is 0 Å². The first-order valence-corrected chi connectivity index (χ1v) is 10.8. The summed E-state index contributed by atoms with van der Waals surface area (Å²) >= 11 is 3.25. The summed E-state index contributed by atoms with van der Waals surface area (Å²) < 4.78 is 4.81. The average Bonchev–Trinajstić information content (AvgIpc) is 3.35. The van der Waals surface area contributed by atoms with E-state index < -0.39 is 0 Å². The summed E-state index contributed by atoms with van der Waals surface area (Å²) in [6.07, 6.45) is 14.6. The van der Waals surface area contributed by atoms with Crippen molar-refractivity contribution in [1.29, 1.82) is 0 Å². The molecule has 0 aromatic heterocycles. The Bertz CT molecular complexity index is 204. The predicted octanol–water partition coefficient (Wildman–Crippen LogP) is 6.03. The van der Waals surface area contributed by atoms with Gasteiger partial charge in [0.25, 0.3) is 0 Å². The van der Waals surface area contributed by atoms with Crippen molar-refractivity contribution in [3.05, 3.63) is 0 Å². The monoisotopic (exact) mass is 377 g/mol. The van der Waals surface area contributed by atoms with Gasteiger partial charge >= 0.3 is 0 Å². The predicted molar refractivity (Wildman–Crippen MR) is 103 cm³/mol. The van der Waals surface area contributed by atoms with Crippen LogP contribution in [0.15, 0.2) is 0 Å². The molecule has 134 valence electrons. The van der Waals surface area contributed by atoms with Gasteiger partial charge in [0.2, 0.25) is 0 Å². The Labute approximate surface area is 148 Å². The Morgan fingerprint density at radius 3 is 1.64 bits per heavy atom. The van der Waals surface area contributed by atoms with E-state index in [0.29, 0.717) is 6.10 Å². The largest absolute Gasteiger partial charge is 0.372 e. The molecule has 22 heavy (non-hydrogen) atoms. The van der Waals surface area contributed by atoms with Crippen molar-refractivity contribution < 1.29 is 4.74 Å². The molecular weight excluding hydrogens is 338 g/mol. The summed E-state index contributed by atoms with van der Waals surface area (Å²) in [5.74, 6) is 0. The Morgan fingerprint density at radius 1 is 0.773 bits per heavy atom. The molecule has 0 bridgehead atoms. The zero-order valence-corrected chi connectivity index (χ0v) is 17.0. The quantitative estimate of drug-likeness (QED) is 0.208. The first-order valence-electron chi connectivity index (χ1n) is 9.68. The van der Waals surface area contributed by atoms with Gasteiger partial charge in [0.1, 0.15) is 0 Å². The summed E-state index contributed by atoms with van der Waals surface area (Å²) in [6.45, 7) is 11.7. The molecule has 1 aliphatic heterocycles. The van der Waals surface area contributed by atoms with Crippen LogP contribution in [0.3, 0.4) is 0 Å². The van der Waals surface area contributed by atoms with Gasteiger partial charge in [-0.25, -0.2) is 0 Å². The molecule has 0 amide bonds. The minimum Gasteiger partial charge on any atom is -0.372 e. The topological polar surface area (TPSA) is 15.8 Å². The highest BCUT2D eigenvalue weighted by Gasteiger charge is 2.19. The highest BCUT2D eigenvalue weighted by atomic mass is 79.9. The summed E-state index contributed by atoms with van der Waals surface area (Å²) in [4.78, 5) is 2.64. The summed E-state index contributed by atoms with van der Waals surface area (Å²) in [5.41, 5.74) is 0. The second-order valence-electron chi connectivity index (χ2n) is 6.43. The molecule has 0 radical (unpaired) electrons. The van der Waals surface area contributed by atoms with Gasteiger partial charge in [-0.15, -0.1) is 0 Å². The third-order valence-corrected chi connectivity index (χ3v) is 4.70. The van der Waals surface area contributed by atoms with E-state index in [9.17, 15) is 0 Å². The average molecular weight is 378 g/mol. The maximum absolute atomic E-state index is 4.81. The van der Waals surface area contributed by atoms with Crippen LogP contribution in [-0.2, 0) is 4.74 Å². The number of hydrogen-bond donors (Lipinski definition) is 0. The first-order chi connectivity index (χ1) is 10.8. The maximum Gasteiger partial charge on any atom is 0.0906 e. The molecule has 1 saturated heterocycles. The van der Waals surface area contributed by atoms with Gasteiger partial charge in [-0.2, -0.15) is 0 Å². The minimum absolute atomic E-state index is 0.551. The van der Waals surface area contributed by atoms with E-state index in [1.807, 2.05) is 0 Å². The molecule has 0 spiro atoms. The normalized spacial score (nSPS) is 16.5. The minimum atomic E-state index is 0.551. The molecule has 1 unspecified atom stereocenters. The Hall–Kier alpha value is 0.400. The third kappa shape index (κ3) is 16.8. The fourth-order valence-corrected chi connectivity index (χ4v) is 2.97. The lowest BCUT2D eigenvalue weighted by Gasteiger charge is -2.20. The molecule has 0 aromatic carbocycles. The van der Waals surface area contributed by atoms with E-state index >= 15 is 0 Å². The van der Waals surface area contributed by atoms with Crippen molar-refractivity contribution in [2.75, 3.05) is 31.6 Å². The SMILES string of the molecule is BrCC1CO1.CCCCCCCCCCN(CCC)CCC. The van der Waals surface area contributed by atoms with Gasteiger partial charge < -0.3 is 9.64 Å². The molecule has 1 heterocycles. The maximum atomic E-state index is 4.81. The zero-order valence-electron chi connectivity index (χ0n) is 15.4. The van der Waals surface area contributed by atoms with Crippen LogP contribution in [0.5, 0.6) is 0 Å². The highest BCUT2D eigenvalue weighted by Crippen LogP contribution is 2.10. The summed E-state index contributed by atoms with van der Waals surface area (Å²) in [5, 5.41) is 1.01. The van der Waals surface area contributed by atoms with Gasteiger partial charge in [-0.1, -0.05) is 81.6 Å². The van der Waals surface area contributed by atoms with Crippen molar-refractivity contribution in [3.63, 3.8) is 0 Å². The highest BCUT2D eigenvalue weighted by molar-refractivity contribution is 9.09. The van der Waals surface area contributed by atoms with E-state index in [1.165, 1.54) is 83.8 Å². The van der Waals surface area contributed by atoms with Crippen molar-refractivity contribution in [3.8, 4) is 0 Å². The number of nitrogens with zero attached hydrogens (tertiary/aromatic N) is 1. The van der Waals surface area contributed by atoms with Crippen molar-refractivity contribution in [2.45, 2.75) is 91.1 Å². The van der Waals surface area contributed by atoms with Crippen LogP contribution in [0.25, 0.3) is 0 Å². The Morgan fingerprint density at radius 2 is 1.27 bits per heavy atom. The molecule has 0 N–H and O–H groups in total. The van der Waals surface area contributed by atoms with Crippen LogP contribution in [0.1, 0.15) is 85.0 Å². The molecule has 1 aliphatic rings. The van der Waals surface area contributed by atoms with E-state index in [0.717, 1.165) is 11.9 Å². The molecule has 1 rings (SSSR count). The first kappa shape index (κ1) is 22.4. The lowest BCUT2D eigenvalue weighted by atomic mass is 10.1. The Balaban J connectivity index is 0.000000734. The second-order valence-corrected chi connectivity index (χ2v) is 7.07. The molecule has 0 aromatic rings. The molecule has 1 fully saturated rings. The molecule has 0 aliphatic carbocycles. The van der Waals surface area contributed by atoms with Gasteiger partial charge in [-0.05, 0) is 38.9 Å². The fourth-order valence-electron chi connectivity index (χ4n) is 2.59. The molecule has 0 saturated carbocycles. The van der Waals surface area contributed by atoms with E-state index in [-0.39, 0.29) is 0 Å².